The molecule has 3 nitrogen and oxygen atoms in total. The van der Waals surface area contributed by atoms with Crippen molar-refractivity contribution in [3.8, 4) is 5.75 Å². The number of fused-ring (bicyclic) bond motifs is 1. The van der Waals surface area contributed by atoms with Gasteiger partial charge in [-0.15, -0.1) is 0 Å². The van der Waals surface area contributed by atoms with Crippen LogP contribution in [0.15, 0.2) is 42.5 Å². The smallest absolute Gasteiger partial charge is 0.261 e. The van der Waals surface area contributed by atoms with Crippen molar-refractivity contribution in [2.45, 2.75) is 57.1 Å². The fraction of sp³-hybridized carbons (Fsp3) is 0.522. The van der Waals surface area contributed by atoms with Crippen LogP contribution in [0.5, 0.6) is 5.75 Å². The van der Waals surface area contributed by atoms with Gasteiger partial charge in [-0.1, -0.05) is 30.3 Å². The highest BCUT2D eigenvalue weighted by molar-refractivity contribution is 5.84. The molecule has 0 radical (unpaired) electrons. The van der Waals surface area contributed by atoms with E-state index in [1.165, 1.54) is 43.9 Å². The monoisotopic (exact) mass is 349 g/mol. The molecule has 0 spiro atoms. The molecule has 1 N–H and O–H groups in total. The minimum atomic E-state index is -0.468. The molecule has 1 unspecified atom stereocenters. The highest BCUT2D eigenvalue weighted by Crippen LogP contribution is 2.55. The Morgan fingerprint density at radius 3 is 2.27 bits per heavy atom. The van der Waals surface area contributed by atoms with E-state index in [1.807, 2.05) is 37.3 Å². The average molecular weight is 349 g/mol. The van der Waals surface area contributed by atoms with Crippen LogP contribution in [0.25, 0.3) is 10.8 Å². The molecule has 136 valence electrons. The molecule has 4 aliphatic carbocycles. The molecular weight excluding hydrogens is 322 g/mol. The lowest BCUT2D eigenvalue weighted by Gasteiger charge is -2.57. The molecule has 4 fully saturated rings. The number of hydrogen-bond donors (Lipinski definition) is 1. The highest BCUT2D eigenvalue weighted by Gasteiger charge is 2.51. The third-order valence-corrected chi connectivity index (χ3v) is 6.83. The Balaban J connectivity index is 1.28. The van der Waals surface area contributed by atoms with Crippen LogP contribution in [0, 0.1) is 17.8 Å². The SMILES string of the molecule is CC(Oc1ccc2ccccc2c1)C(=O)NC12CC3CC(CC(C3)C1)C2. The Morgan fingerprint density at radius 1 is 1.00 bits per heavy atom. The Hall–Kier alpha value is -2.03. The molecule has 0 aliphatic heterocycles. The minimum Gasteiger partial charge on any atom is -0.481 e. The molecule has 2 aromatic rings. The van der Waals surface area contributed by atoms with E-state index < -0.39 is 6.10 Å². The summed E-state index contributed by atoms with van der Waals surface area (Å²) in [6, 6.07) is 14.2. The van der Waals surface area contributed by atoms with Crippen molar-refractivity contribution in [3.63, 3.8) is 0 Å². The Labute approximate surface area is 155 Å². The summed E-state index contributed by atoms with van der Waals surface area (Å²) < 4.78 is 5.99. The van der Waals surface area contributed by atoms with E-state index >= 15 is 0 Å². The quantitative estimate of drug-likeness (QED) is 0.869. The van der Waals surface area contributed by atoms with Gasteiger partial charge in [-0.2, -0.15) is 0 Å². The van der Waals surface area contributed by atoms with Crippen LogP contribution in [0.3, 0.4) is 0 Å². The normalized spacial score (nSPS) is 33.2. The van der Waals surface area contributed by atoms with Crippen molar-refractivity contribution in [2.24, 2.45) is 17.8 Å². The van der Waals surface area contributed by atoms with Gasteiger partial charge in [0.05, 0.1) is 0 Å². The zero-order valence-corrected chi connectivity index (χ0v) is 15.4. The molecule has 2 aromatic carbocycles. The third-order valence-electron chi connectivity index (χ3n) is 6.83. The van der Waals surface area contributed by atoms with Crippen LogP contribution < -0.4 is 10.1 Å². The molecule has 4 bridgehead atoms. The zero-order chi connectivity index (χ0) is 17.7. The molecule has 0 heterocycles. The Morgan fingerprint density at radius 2 is 1.62 bits per heavy atom. The second kappa shape index (κ2) is 6.00. The van der Waals surface area contributed by atoms with Crippen LogP contribution in [-0.2, 0) is 4.79 Å². The van der Waals surface area contributed by atoms with E-state index in [0.717, 1.165) is 28.9 Å². The second-order valence-electron chi connectivity index (χ2n) is 8.96. The summed E-state index contributed by atoms with van der Waals surface area (Å²) in [7, 11) is 0. The predicted molar refractivity (Wildman–Crippen MR) is 103 cm³/mol. The number of carbonyl (C=O) groups excluding carboxylic acids is 1. The molecule has 4 aliphatic rings. The van der Waals surface area contributed by atoms with Gasteiger partial charge in [0, 0.05) is 5.54 Å². The first-order chi connectivity index (χ1) is 12.6. The van der Waals surface area contributed by atoms with Crippen LogP contribution in [0.1, 0.15) is 45.4 Å². The fourth-order valence-corrected chi connectivity index (χ4v) is 6.13. The largest absolute Gasteiger partial charge is 0.481 e. The van der Waals surface area contributed by atoms with Gasteiger partial charge in [-0.25, -0.2) is 0 Å². The zero-order valence-electron chi connectivity index (χ0n) is 15.4. The Kier molecular flexibility index (Phi) is 3.73. The summed E-state index contributed by atoms with van der Waals surface area (Å²) in [6.07, 6.45) is 7.22. The molecule has 0 saturated heterocycles. The summed E-state index contributed by atoms with van der Waals surface area (Å²) in [5.41, 5.74) is 0.0485. The summed E-state index contributed by atoms with van der Waals surface area (Å²) in [5.74, 6) is 3.30. The summed E-state index contributed by atoms with van der Waals surface area (Å²) in [5, 5.41) is 5.74. The third kappa shape index (κ3) is 2.87. The van der Waals surface area contributed by atoms with Gasteiger partial charge in [0.25, 0.3) is 5.91 Å². The lowest BCUT2D eigenvalue weighted by molar-refractivity contribution is -0.133. The standard InChI is InChI=1S/C23H27NO2/c1-15(26-21-7-6-19-4-2-3-5-20(19)11-21)22(25)24-23-12-16-8-17(13-23)10-18(9-16)14-23/h2-7,11,15-18H,8-10,12-14H2,1H3,(H,24,25). The van der Waals surface area contributed by atoms with Crippen LogP contribution >= 0.6 is 0 Å². The molecule has 1 atom stereocenters. The molecule has 4 saturated carbocycles. The van der Waals surface area contributed by atoms with Crippen molar-refractivity contribution in [1.29, 1.82) is 0 Å². The molecule has 0 aromatic heterocycles. The summed E-state index contributed by atoms with van der Waals surface area (Å²) >= 11 is 0. The fourth-order valence-electron chi connectivity index (χ4n) is 6.13. The summed E-state index contributed by atoms with van der Waals surface area (Å²) in [4.78, 5) is 12.9. The molecule has 6 rings (SSSR count). The van der Waals surface area contributed by atoms with E-state index in [4.69, 9.17) is 4.74 Å². The van der Waals surface area contributed by atoms with Crippen molar-refractivity contribution >= 4 is 16.7 Å². The Bertz CT molecular complexity index is 808. The van der Waals surface area contributed by atoms with Gasteiger partial charge in [0.2, 0.25) is 0 Å². The van der Waals surface area contributed by atoms with Gasteiger partial charge >= 0.3 is 0 Å². The maximum Gasteiger partial charge on any atom is 0.261 e. The van der Waals surface area contributed by atoms with Crippen molar-refractivity contribution in [3.05, 3.63) is 42.5 Å². The average Bonchev–Trinajstić information content (AvgIpc) is 2.60. The van der Waals surface area contributed by atoms with Crippen molar-refractivity contribution in [1.82, 2.24) is 5.32 Å². The first-order valence-corrected chi connectivity index (χ1v) is 10.1. The molecule has 3 heteroatoms. The van der Waals surface area contributed by atoms with Crippen LogP contribution in [-0.4, -0.2) is 17.6 Å². The van der Waals surface area contributed by atoms with Gasteiger partial charge in [-0.3, -0.25) is 4.79 Å². The van der Waals surface area contributed by atoms with E-state index in [1.54, 1.807) is 0 Å². The van der Waals surface area contributed by atoms with E-state index in [2.05, 4.69) is 17.4 Å². The van der Waals surface area contributed by atoms with Gasteiger partial charge in [0.1, 0.15) is 5.75 Å². The first-order valence-electron chi connectivity index (χ1n) is 10.1. The number of rotatable bonds is 4. The lowest BCUT2D eigenvalue weighted by atomic mass is 9.53. The van der Waals surface area contributed by atoms with E-state index in [9.17, 15) is 4.79 Å². The minimum absolute atomic E-state index is 0.0418. The number of carbonyl (C=O) groups is 1. The lowest BCUT2D eigenvalue weighted by Crippen LogP contribution is -2.61. The second-order valence-corrected chi connectivity index (χ2v) is 8.96. The van der Waals surface area contributed by atoms with Crippen LogP contribution in [0.2, 0.25) is 0 Å². The topological polar surface area (TPSA) is 38.3 Å². The number of amides is 1. The molecular formula is C23H27NO2. The predicted octanol–water partition coefficient (Wildman–Crippen LogP) is 4.69. The van der Waals surface area contributed by atoms with Gasteiger partial charge in [0.15, 0.2) is 6.10 Å². The van der Waals surface area contributed by atoms with Crippen LogP contribution in [0.4, 0.5) is 0 Å². The van der Waals surface area contributed by atoms with Crippen molar-refractivity contribution in [2.75, 3.05) is 0 Å². The highest BCUT2D eigenvalue weighted by atomic mass is 16.5. The number of hydrogen-bond acceptors (Lipinski definition) is 2. The van der Waals surface area contributed by atoms with E-state index in [-0.39, 0.29) is 11.4 Å². The van der Waals surface area contributed by atoms with E-state index in [0.29, 0.717) is 0 Å². The summed E-state index contributed by atoms with van der Waals surface area (Å²) in [6.45, 7) is 1.87. The van der Waals surface area contributed by atoms with Gasteiger partial charge in [-0.05, 0) is 86.1 Å². The first kappa shape index (κ1) is 16.2. The number of ether oxygens (including phenoxy) is 1. The number of nitrogens with one attached hydrogen (secondary N) is 1. The maximum atomic E-state index is 12.9. The molecule has 26 heavy (non-hydrogen) atoms. The number of benzene rings is 2. The van der Waals surface area contributed by atoms with Gasteiger partial charge < -0.3 is 10.1 Å². The van der Waals surface area contributed by atoms with Crippen molar-refractivity contribution < 1.29 is 9.53 Å². The molecule has 1 amide bonds. The maximum absolute atomic E-state index is 12.9.